The number of rotatable bonds is 10. The SMILES string of the molecule is CC(O)CO.NCCC[C@H](N)C(=O)OC(=O)[C@@H](N)CO.N[C@@H](Cc1ccccc1)C(=O)O. The Hall–Kier alpha value is -2.45. The van der Waals surface area contributed by atoms with Crippen LogP contribution in [-0.4, -0.2) is 82.3 Å². The quantitative estimate of drug-likeness (QED) is 0.133. The van der Waals surface area contributed by atoms with Gasteiger partial charge in [-0.2, -0.15) is 0 Å². The zero-order chi connectivity index (χ0) is 25.1. The minimum Gasteiger partial charge on any atom is -0.480 e. The monoisotopic (exact) mass is 460 g/mol. The summed E-state index contributed by atoms with van der Waals surface area (Å²) < 4.78 is 4.33. The zero-order valence-electron chi connectivity index (χ0n) is 18.2. The highest BCUT2D eigenvalue weighted by atomic mass is 16.6. The van der Waals surface area contributed by atoms with Crippen molar-refractivity contribution in [3.63, 3.8) is 0 Å². The van der Waals surface area contributed by atoms with Gasteiger partial charge in [0.05, 0.1) is 19.3 Å². The van der Waals surface area contributed by atoms with Gasteiger partial charge in [0.2, 0.25) is 0 Å². The van der Waals surface area contributed by atoms with E-state index in [4.69, 9.17) is 43.4 Å². The molecule has 0 radical (unpaired) electrons. The summed E-state index contributed by atoms with van der Waals surface area (Å²) in [6.45, 7) is 1.22. The molecular formula is C20H36N4O8. The number of aliphatic hydroxyl groups excluding tert-OH is 3. The van der Waals surface area contributed by atoms with Gasteiger partial charge in [0.15, 0.2) is 0 Å². The van der Waals surface area contributed by atoms with E-state index in [-0.39, 0.29) is 6.61 Å². The lowest BCUT2D eigenvalue weighted by Gasteiger charge is -2.11. The Balaban J connectivity index is 0. The first-order chi connectivity index (χ1) is 15.0. The van der Waals surface area contributed by atoms with Crippen molar-refractivity contribution in [2.24, 2.45) is 22.9 Å². The number of esters is 2. The van der Waals surface area contributed by atoms with E-state index in [1.54, 1.807) is 0 Å². The van der Waals surface area contributed by atoms with Gasteiger partial charge in [-0.15, -0.1) is 0 Å². The molecule has 0 heterocycles. The Kier molecular flexibility index (Phi) is 19.1. The molecule has 1 unspecified atom stereocenters. The second-order valence-electron chi connectivity index (χ2n) is 6.73. The third kappa shape index (κ3) is 17.3. The van der Waals surface area contributed by atoms with Gasteiger partial charge in [-0.05, 0) is 38.3 Å². The molecule has 1 aromatic carbocycles. The van der Waals surface area contributed by atoms with Crippen LogP contribution in [0.5, 0.6) is 0 Å². The highest BCUT2D eigenvalue weighted by molar-refractivity contribution is 5.90. The predicted octanol–water partition coefficient (Wildman–Crippen LogP) is -2.56. The molecule has 4 atom stereocenters. The fraction of sp³-hybridized carbons (Fsp3) is 0.550. The van der Waals surface area contributed by atoms with Crippen LogP contribution in [0.25, 0.3) is 0 Å². The lowest BCUT2D eigenvalue weighted by molar-refractivity contribution is -0.162. The molecule has 0 saturated carbocycles. The topological polar surface area (TPSA) is 245 Å². The van der Waals surface area contributed by atoms with Crippen LogP contribution < -0.4 is 22.9 Å². The fourth-order valence-corrected chi connectivity index (χ4v) is 1.74. The summed E-state index contributed by atoms with van der Waals surface area (Å²) in [6.07, 6.45) is 0.735. The Morgan fingerprint density at radius 2 is 1.44 bits per heavy atom. The molecule has 12 nitrogen and oxygen atoms in total. The van der Waals surface area contributed by atoms with Crippen LogP contribution in [0, 0.1) is 0 Å². The number of carboxylic acids is 1. The van der Waals surface area contributed by atoms with Crippen molar-refractivity contribution >= 4 is 17.9 Å². The van der Waals surface area contributed by atoms with Crippen molar-refractivity contribution in [1.29, 1.82) is 0 Å². The van der Waals surface area contributed by atoms with E-state index in [0.717, 1.165) is 5.56 Å². The zero-order valence-corrected chi connectivity index (χ0v) is 18.2. The third-order valence-electron chi connectivity index (χ3n) is 3.60. The second-order valence-corrected chi connectivity index (χ2v) is 6.73. The maximum absolute atomic E-state index is 11.1. The van der Waals surface area contributed by atoms with E-state index in [2.05, 4.69) is 4.74 Å². The van der Waals surface area contributed by atoms with E-state index in [1.807, 2.05) is 30.3 Å². The van der Waals surface area contributed by atoms with Crippen molar-refractivity contribution in [2.45, 2.75) is 50.4 Å². The molecule has 12 N–H and O–H groups in total. The lowest BCUT2D eigenvalue weighted by atomic mass is 10.1. The largest absolute Gasteiger partial charge is 0.480 e. The number of aliphatic carboxylic acids is 1. The van der Waals surface area contributed by atoms with Gasteiger partial charge < -0.3 is 48.1 Å². The van der Waals surface area contributed by atoms with E-state index in [9.17, 15) is 14.4 Å². The van der Waals surface area contributed by atoms with Gasteiger partial charge in [0.25, 0.3) is 0 Å². The maximum Gasteiger partial charge on any atom is 0.332 e. The number of nitrogens with two attached hydrogens (primary N) is 4. The molecule has 0 saturated heterocycles. The number of carboxylic acid groups (broad SMARTS) is 1. The third-order valence-corrected chi connectivity index (χ3v) is 3.60. The van der Waals surface area contributed by atoms with Crippen molar-refractivity contribution in [1.82, 2.24) is 0 Å². The highest BCUT2D eigenvalue weighted by Crippen LogP contribution is 2.01. The summed E-state index contributed by atoms with van der Waals surface area (Å²) in [5.41, 5.74) is 22.1. The van der Waals surface area contributed by atoms with Gasteiger partial charge in [-0.1, -0.05) is 30.3 Å². The number of hydrogen-bond acceptors (Lipinski definition) is 11. The molecule has 12 heteroatoms. The Labute approximate surface area is 187 Å². The Morgan fingerprint density at radius 1 is 0.938 bits per heavy atom. The van der Waals surface area contributed by atoms with Crippen molar-refractivity contribution in [3.05, 3.63) is 35.9 Å². The van der Waals surface area contributed by atoms with Crippen LogP contribution in [0.1, 0.15) is 25.3 Å². The minimum atomic E-state index is -1.21. The summed E-state index contributed by atoms with van der Waals surface area (Å²) in [6, 6.07) is 6.45. The van der Waals surface area contributed by atoms with Gasteiger partial charge in [-0.25, -0.2) is 9.59 Å². The van der Waals surface area contributed by atoms with E-state index < -0.39 is 48.7 Å². The first-order valence-electron chi connectivity index (χ1n) is 9.88. The summed E-state index contributed by atoms with van der Waals surface area (Å²) in [4.78, 5) is 32.5. The van der Waals surface area contributed by atoms with Crippen LogP contribution >= 0.6 is 0 Å². The summed E-state index contributed by atoms with van der Waals surface area (Å²) >= 11 is 0. The van der Waals surface area contributed by atoms with Crippen LogP contribution in [-0.2, 0) is 25.5 Å². The number of carbonyl (C=O) groups excluding carboxylic acids is 2. The van der Waals surface area contributed by atoms with Crippen molar-refractivity contribution < 1.29 is 39.5 Å². The molecular weight excluding hydrogens is 424 g/mol. The molecule has 0 aromatic heterocycles. The van der Waals surface area contributed by atoms with Crippen LogP contribution in [0.4, 0.5) is 0 Å². The molecule has 0 spiro atoms. The lowest BCUT2D eigenvalue weighted by Crippen LogP contribution is -2.41. The summed E-state index contributed by atoms with van der Waals surface area (Å²) in [5.74, 6) is -2.79. The Morgan fingerprint density at radius 3 is 1.84 bits per heavy atom. The molecule has 0 aliphatic heterocycles. The van der Waals surface area contributed by atoms with E-state index >= 15 is 0 Å². The number of aliphatic hydroxyl groups is 3. The van der Waals surface area contributed by atoms with E-state index in [0.29, 0.717) is 25.8 Å². The average molecular weight is 461 g/mol. The molecule has 32 heavy (non-hydrogen) atoms. The van der Waals surface area contributed by atoms with Crippen LogP contribution in [0.15, 0.2) is 30.3 Å². The molecule has 0 fully saturated rings. The minimum absolute atomic E-state index is 0.139. The van der Waals surface area contributed by atoms with E-state index in [1.165, 1.54) is 6.92 Å². The standard InChI is InChI=1S/C9H11NO2.C8H17N3O4.C3H8O2/c10-8(9(11)12)6-7-4-2-1-3-5-7;9-3-1-2-5(10)7(13)15-8(14)6(11)4-12;1-3(5)2-4/h1-5,8H,6,10H2,(H,11,12);5-6,12H,1-4,9-11H2;3-5H,2H2,1H3/t8-;5-,6-;/m00./s1. The Bertz CT molecular complexity index is 646. The number of hydrogen-bond donors (Lipinski definition) is 8. The molecule has 0 bridgehead atoms. The number of benzene rings is 1. The van der Waals surface area contributed by atoms with Gasteiger partial charge in [-0.3, -0.25) is 4.79 Å². The number of carbonyl (C=O) groups is 3. The van der Waals surface area contributed by atoms with Crippen molar-refractivity contribution in [2.75, 3.05) is 19.8 Å². The first-order valence-corrected chi connectivity index (χ1v) is 9.88. The average Bonchev–Trinajstić information content (AvgIpc) is 2.77. The van der Waals surface area contributed by atoms with Crippen molar-refractivity contribution in [3.8, 4) is 0 Å². The van der Waals surface area contributed by atoms with Gasteiger partial charge in [0, 0.05) is 0 Å². The van der Waals surface area contributed by atoms with Crippen LogP contribution in [0.3, 0.4) is 0 Å². The molecule has 1 rings (SSSR count). The van der Waals surface area contributed by atoms with Gasteiger partial charge >= 0.3 is 17.9 Å². The highest BCUT2D eigenvalue weighted by Gasteiger charge is 2.22. The second kappa shape index (κ2) is 19.3. The van der Waals surface area contributed by atoms with Gasteiger partial charge in [0.1, 0.15) is 18.1 Å². The number of ether oxygens (including phenoxy) is 1. The molecule has 1 aromatic rings. The molecule has 0 aliphatic carbocycles. The molecule has 184 valence electrons. The summed E-state index contributed by atoms with van der Waals surface area (Å²) in [5, 5.41) is 33.0. The van der Waals surface area contributed by atoms with Crippen LogP contribution in [0.2, 0.25) is 0 Å². The summed E-state index contributed by atoms with van der Waals surface area (Å²) in [7, 11) is 0. The predicted molar refractivity (Wildman–Crippen MR) is 117 cm³/mol. The normalized spacial score (nSPS) is 13.8. The maximum atomic E-state index is 11.1. The smallest absolute Gasteiger partial charge is 0.332 e. The first kappa shape index (κ1) is 31.7. The fourth-order valence-electron chi connectivity index (χ4n) is 1.74. The molecule has 0 amide bonds. The molecule has 0 aliphatic rings.